The van der Waals surface area contributed by atoms with Gasteiger partial charge < -0.3 is 10.2 Å². The van der Waals surface area contributed by atoms with E-state index in [-0.39, 0.29) is 23.9 Å². The van der Waals surface area contributed by atoms with Crippen LogP contribution in [-0.4, -0.2) is 59.9 Å². The van der Waals surface area contributed by atoms with Crippen LogP contribution in [0.1, 0.15) is 25.8 Å². The van der Waals surface area contributed by atoms with Gasteiger partial charge in [0.25, 0.3) is 0 Å². The van der Waals surface area contributed by atoms with Gasteiger partial charge in [-0.3, -0.25) is 14.5 Å². The van der Waals surface area contributed by atoms with Crippen LogP contribution in [0.2, 0.25) is 0 Å². The Hall–Kier alpha value is -1.88. The molecule has 0 aromatic heterocycles. The zero-order chi connectivity index (χ0) is 17.1. The monoisotopic (exact) mass is 329 g/mol. The molecule has 0 spiro atoms. The number of amides is 2. The molecule has 0 saturated carbocycles. The predicted molar refractivity (Wildman–Crippen MR) is 93.5 cm³/mol. The van der Waals surface area contributed by atoms with Crippen LogP contribution in [0.25, 0.3) is 0 Å². The number of hydrogen-bond acceptors (Lipinski definition) is 3. The van der Waals surface area contributed by atoms with Gasteiger partial charge in [0.15, 0.2) is 0 Å². The van der Waals surface area contributed by atoms with Crippen molar-refractivity contribution in [3.05, 3.63) is 35.9 Å². The summed E-state index contributed by atoms with van der Waals surface area (Å²) in [4.78, 5) is 29.2. The van der Waals surface area contributed by atoms with Crippen LogP contribution >= 0.6 is 0 Å². The lowest BCUT2D eigenvalue weighted by Gasteiger charge is -2.45. The highest BCUT2D eigenvalue weighted by molar-refractivity contribution is 5.97. The first-order chi connectivity index (χ1) is 11.5. The summed E-state index contributed by atoms with van der Waals surface area (Å²) in [5.41, 5.74) is 1.31. The molecule has 2 heterocycles. The van der Waals surface area contributed by atoms with Crippen LogP contribution < -0.4 is 5.32 Å². The van der Waals surface area contributed by atoms with Crippen molar-refractivity contribution >= 4 is 11.8 Å². The molecular weight excluding hydrogens is 302 g/mol. The van der Waals surface area contributed by atoms with Crippen LogP contribution in [0.5, 0.6) is 0 Å². The van der Waals surface area contributed by atoms with Crippen LogP contribution in [0.4, 0.5) is 0 Å². The summed E-state index contributed by atoms with van der Waals surface area (Å²) in [6, 6.07) is 9.71. The van der Waals surface area contributed by atoms with E-state index in [0.29, 0.717) is 25.4 Å². The predicted octanol–water partition coefficient (Wildman–Crippen LogP) is 1.29. The minimum Gasteiger partial charge on any atom is -0.342 e. The summed E-state index contributed by atoms with van der Waals surface area (Å²) in [6.07, 6.45) is 1.69. The maximum atomic E-state index is 12.6. The molecule has 0 radical (unpaired) electrons. The normalized spacial score (nSPS) is 24.9. The quantitative estimate of drug-likeness (QED) is 0.885. The summed E-state index contributed by atoms with van der Waals surface area (Å²) in [5.74, 6) is 0.489. The molecule has 2 aliphatic heterocycles. The molecule has 2 amide bonds. The van der Waals surface area contributed by atoms with E-state index in [4.69, 9.17) is 0 Å². The highest BCUT2D eigenvalue weighted by Crippen LogP contribution is 2.19. The van der Waals surface area contributed by atoms with E-state index in [1.165, 1.54) is 5.56 Å². The smallest absolute Gasteiger partial charge is 0.245 e. The van der Waals surface area contributed by atoms with Crippen molar-refractivity contribution in [2.45, 2.75) is 38.8 Å². The van der Waals surface area contributed by atoms with Crippen molar-refractivity contribution in [3.8, 4) is 0 Å². The van der Waals surface area contributed by atoms with Gasteiger partial charge in [-0.05, 0) is 24.3 Å². The van der Waals surface area contributed by atoms with Crippen molar-refractivity contribution in [1.29, 1.82) is 0 Å². The zero-order valence-corrected chi connectivity index (χ0v) is 14.6. The lowest BCUT2D eigenvalue weighted by Crippen LogP contribution is -2.69. The van der Waals surface area contributed by atoms with E-state index in [1.54, 1.807) is 4.90 Å². The highest BCUT2D eigenvalue weighted by atomic mass is 16.2. The van der Waals surface area contributed by atoms with Gasteiger partial charge >= 0.3 is 0 Å². The van der Waals surface area contributed by atoms with E-state index in [0.717, 1.165) is 19.5 Å². The van der Waals surface area contributed by atoms with Gasteiger partial charge in [0, 0.05) is 26.2 Å². The molecule has 0 aliphatic carbocycles. The number of benzene rings is 1. The number of carbonyl (C=O) groups is 2. The first-order valence-electron chi connectivity index (χ1n) is 8.91. The van der Waals surface area contributed by atoms with E-state index >= 15 is 0 Å². The zero-order valence-electron chi connectivity index (χ0n) is 14.6. The summed E-state index contributed by atoms with van der Waals surface area (Å²) < 4.78 is 0. The second-order valence-corrected chi connectivity index (χ2v) is 7.27. The van der Waals surface area contributed by atoms with Crippen molar-refractivity contribution in [2.75, 3.05) is 26.2 Å². The molecular formula is C19H27N3O2. The van der Waals surface area contributed by atoms with E-state index in [1.807, 2.05) is 6.07 Å². The maximum absolute atomic E-state index is 12.6. The molecule has 0 unspecified atom stereocenters. The van der Waals surface area contributed by atoms with Gasteiger partial charge in [-0.15, -0.1) is 0 Å². The van der Waals surface area contributed by atoms with Crippen molar-refractivity contribution < 1.29 is 9.59 Å². The molecule has 1 aromatic carbocycles. The number of fused-ring (bicyclic) bond motifs is 1. The fourth-order valence-electron chi connectivity index (χ4n) is 3.62. The molecule has 5 nitrogen and oxygen atoms in total. The van der Waals surface area contributed by atoms with Crippen molar-refractivity contribution in [1.82, 2.24) is 15.1 Å². The molecule has 130 valence electrons. The van der Waals surface area contributed by atoms with Crippen LogP contribution in [0.3, 0.4) is 0 Å². The van der Waals surface area contributed by atoms with Gasteiger partial charge in [0.1, 0.15) is 12.1 Å². The molecule has 3 rings (SSSR count). The molecule has 5 heteroatoms. The summed E-state index contributed by atoms with van der Waals surface area (Å²) in [5, 5.41) is 2.93. The number of piperazine rings is 2. The summed E-state index contributed by atoms with van der Waals surface area (Å²) in [6.45, 7) is 7.21. The molecule has 24 heavy (non-hydrogen) atoms. The number of nitrogens with zero attached hydrogens (tertiary/aromatic N) is 2. The third-order valence-electron chi connectivity index (χ3n) is 4.93. The molecule has 2 fully saturated rings. The Labute approximate surface area is 144 Å². The van der Waals surface area contributed by atoms with E-state index < -0.39 is 0 Å². The Kier molecular flexibility index (Phi) is 5.19. The molecule has 2 atom stereocenters. The lowest BCUT2D eigenvalue weighted by atomic mass is 9.97. The highest BCUT2D eigenvalue weighted by Gasteiger charge is 2.43. The number of nitrogens with one attached hydrogen (secondary N) is 1. The largest absolute Gasteiger partial charge is 0.342 e. The number of rotatable bonds is 5. The maximum Gasteiger partial charge on any atom is 0.245 e. The Morgan fingerprint density at radius 1 is 1.17 bits per heavy atom. The van der Waals surface area contributed by atoms with Gasteiger partial charge in [-0.25, -0.2) is 0 Å². The number of hydrogen-bond donors (Lipinski definition) is 1. The van der Waals surface area contributed by atoms with Crippen molar-refractivity contribution in [2.24, 2.45) is 5.92 Å². The fourth-order valence-corrected chi connectivity index (χ4v) is 3.62. The standard InChI is InChI=1S/C19H27N3O2/c1-14(2)12-16-19(24)22-11-10-21(13-17(22)18(23)20-16)9-8-15-6-4-3-5-7-15/h3-7,14,16-17H,8-13H2,1-2H3,(H,20,23)/t16-,17-/m1/s1. The van der Waals surface area contributed by atoms with Gasteiger partial charge in [-0.2, -0.15) is 0 Å². The van der Waals surface area contributed by atoms with Gasteiger partial charge in [-0.1, -0.05) is 44.2 Å². The van der Waals surface area contributed by atoms with Gasteiger partial charge in [0.05, 0.1) is 0 Å². The second-order valence-electron chi connectivity index (χ2n) is 7.27. The third kappa shape index (κ3) is 3.78. The minimum atomic E-state index is -0.343. The Morgan fingerprint density at radius 3 is 2.62 bits per heavy atom. The average Bonchev–Trinajstić information content (AvgIpc) is 2.58. The van der Waals surface area contributed by atoms with E-state index in [2.05, 4.69) is 48.3 Å². The van der Waals surface area contributed by atoms with Crippen LogP contribution in [-0.2, 0) is 16.0 Å². The lowest BCUT2D eigenvalue weighted by molar-refractivity contribution is -0.153. The Bertz CT molecular complexity index is 588. The second kappa shape index (κ2) is 7.34. The molecule has 0 bridgehead atoms. The number of carbonyl (C=O) groups excluding carboxylic acids is 2. The van der Waals surface area contributed by atoms with Crippen LogP contribution in [0.15, 0.2) is 30.3 Å². The molecule has 1 aromatic rings. The van der Waals surface area contributed by atoms with Crippen LogP contribution in [0, 0.1) is 5.92 Å². The van der Waals surface area contributed by atoms with Gasteiger partial charge in [0.2, 0.25) is 11.8 Å². The van der Waals surface area contributed by atoms with Crippen molar-refractivity contribution in [3.63, 3.8) is 0 Å². The summed E-state index contributed by atoms with van der Waals surface area (Å²) >= 11 is 0. The van der Waals surface area contributed by atoms with E-state index in [9.17, 15) is 9.59 Å². The average molecular weight is 329 g/mol. The third-order valence-corrected chi connectivity index (χ3v) is 4.93. The first-order valence-corrected chi connectivity index (χ1v) is 8.91. The molecule has 1 N–H and O–H groups in total. The SMILES string of the molecule is CC(C)C[C@H]1NC(=O)[C@H]2CN(CCc3ccccc3)CCN2C1=O. The fraction of sp³-hybridized carbons (Fsp3) is 0.579. The summed E-state index contributed by atoms with van der Waals surface area (Å²) in [7, 11) is 0. The molecule has 2 saturated heterocycles. The first kappa shape index (κ1) is 17.0. The Morgan fingerprint density at radius 2 is 1.92 bits per heavy atom. The topological polar surface area (TPSA) is 52.7 Å². The molecule has 2 aliphatic rings. The Balaban J connectivity index is 1.58. The minimum absolute atomic E-state index is 0.00432.